The first-order chi connectivity index (χ1) is 10.0. The van der Waals surface area contributed by atoms with Crippen molar-refractivity contribution in [3.8, 4) is 0 Å². The highest BCUT2D eigenvalue weighted by atomic mass is 16.6. The van der Waals surface area contributed by atoms with E-state index in [1.54, 1.807) is 6.07 Å². The van der Waals surface area contributed by atoms with Crippen molar-refractivity contribution in [2.24, 2.45) is 5.92 Å². The molecule has 1 aromatic rings. The van der Waals surface area contributed by atoms with E-state index in [2.05, 4.69) is 16.8 Å². The topological polar surface area (TPSA) is 69.9 Å². The SMILES string of the molecule is CN1CCC(CN(C)c2ccc([N+](=O)[O-])cc2CO)CC1. The smallest absolute Gasteiger partial charge is 0.269 e. The third-order valence-corrected chi connectivity index (χ3v) is 4.23. The average Bonchev–Trinajstić information content (AvgIpc) is 2.48. The van der Waals surface area contributed by atoms with E-state index >= 15 is 0 Å². The van der Waals surface area contributed by atoms with Crippen LogP contribution >= 0.6 is 0 Å². The van der Waals surface area contributed by atoms with Crippen LogP contribution in [0.4, 0.5) is 11.4 Å². The van der Waals surface area contributed by atoms with Crippen LogP contribution in [-0.2, 0) is 6.61 Å². The number of benzene rings is 1. The maximum atomic E-state index is 10.8. The fraction of sp³-hybridized carbons (Fsp3) is 0.600. The molecule has 1 heterocycles. The van der Waals surface area contributed by atoms with E-state index in [-0.39, 0.29) is 12.3 Å². The molecule has 1 aliphatic rings. The van der Waals surface area contributed by atoms with Gasteiger partial charge in [-0.05, 0) is 45.0 Å². The quantitative estimate of drug-likeness (QED) is 0.663. The maximum Gasteiger partial charge on any atom is 0.269 e. The minimum atomic E-state index is -0.431. The van der Waals surface area contributed by atoms with Crippen molar-refractivity contribution in [2.45, 2.75) is 19.4 Å². The highest BCUT2D eigenvalue weighted by Crippen LogP contribution is 2.27. The van der Waals surface area contributed by atoms with Gasteiger partial charge in [0.05, 0.1) is 11.5 Å². The van der Waals surface area contributed by atoms with E-state index in [0.29, 0.717) is 11.5 Å². The monoisotopic (exact) mass is 293 g/mol. The van der Waals surface area contributed by atoms with Crippen molar-refractivity contribution < 1.29 is 10.0 Å². The number of likely N-dealkylation sites (tertiary alicyclic amines) is 1. The molecule has 0 radical (unpaired) electrons. The van der Waals surface area contributed by atoms with E-state index < -0.39 is 4.92 Å². The number of hydrogen-bond acceptors (Lipinski definition) is 5. The molecule has 1 aliphatic heterocycles. The number of aliphatic hydroxyl groups excluding tert-OH is 1. The fourth-order valence-electron chi connectivity index (χ4n) is 2.91. The molecule has 0 amide bonds. The van der Waals surface area contributed by atoms with Crippen molar-refractivity contribution in [1.82, 2.24) is 4.90 Å². The lowest BCUT2D eigenvalue weighted by Crippen LogP contribution is -2.36. The number of rotatable bonds is 5. The Balaban J connectivity index is 2.07. The number of anilines is 1. The van der Waals surface area contributed by atoms with Crippen molar-refractivity contribution in [1.29, 1.82) is 0 Å². The van der Waals surface area contributed by atoms with Crippen molar-refractivity contribution in [2.75, 3.05) is 38.6 Å². The summed E-state index contributed by atoms with van der Waals surface area (Å²) in [5.74, 6) is 0.632. The largest absolute Gasteiger partial charge is 0.392 e. The Labute approximate surface area is 125 Å². The molecule has 1 fully saturated rings. The summed E-state index contributed by atoms with van der Waals surface area (Å²) < 4.78 is 0. The molecule has 0 atom stereocenters. The minimum absolute atomic E-state index is 0.0236. The molecule has 6 heteroatoms. The Morgan fingerprint density at radius 1 is 1.43 bits per heavy atom. The van der Waals surface area contributed by atoms with Crippen LogP contribution in [0.25, 0.3) is 0 Å². The van der Waals surface area contributed by atoms with Crippen LogP contribution in [0.1, 0.15) is 18.4 Å². The summed E-state index contributed by atoms with van der Waals surface area (Å²) in [6.45, 7) is 2.96. The van der Waals surface area contributed by atoms with Gasteiger partial charge in [-0.3, -0.25) is 10.1 Å². The Morgan fingerprint density at radius 3 is 2.67 bits per heavy atom. The highest BCUT2D eigenvalue weighted by Gasteiger charge is 2.20. The second-order valence-corrected chi connectivity index (χ2v) is 5.86. The Morgan fingerprint density at radius 2 is 2.10 bits per heavy atom. The summed E-state index contributed by atoms with van der Waals surface area (Å²) in [6.07, 6.45) is 2.34. The lowest BCUT2D eigenvalue weighted by molar-refractivity contribution is -0.384. The van der Waals surface area contributed by atoms with Gasteiger partial charge in [-0.25, -0.2) is 0 Å². The first-order valence-corrected chi connectivity index (χ1v) is 7.29. The van der Waals surface area contributed by atoms with Crippen LogP contribution in [-0.4, -0.2) is 48.7 Å². The van der Waals surface area contributed by atoms with Gasteiger partial charge >= 0.3 is 0 Å². The zero-order valence-electron chi connectivity index (χ0n) is 12.7. The number of non-ortho nitro benzene ring substituents is 1. The number of nitro groups is 1. The molecule has 116 valence electrons. The van der Waals surface area contributed by atoms with Crippen molar-refractivity contribution in [3.63, 3.8) is 0 Å². The van der Waals surface area contributed by atoms with E-state index in [1.165, 1.54) is 25.0 Å². The van der Waals surface area contributed by atoms with Crippen molar-refractivity contribution in [3.05, 3.63) is 33.9 Å². The maximum absolute atomic E-state index is 10.8. The summed E-state index contributed by atoms with van der Waals surface area (Å²) in [4.78, 5) is 14.8. The van der Waals surface area contributed by atoms with Gasteiger partial charge < -0.3 is 14.9 Å². The third-order valence-electron chi connectivity index (χ3n) is 4.23. The molecule has 6 nitrogen and oxygen atoms in total. The summed E-state index contributed by atoms with van der Waals surface area (Å²) in [6, 6.07) is 4.69. The van der Waals surface area contributed by atoms with Crippen LogP contribution in [0, 0.1) is 16.0 Å². The van der Waals surface area contributed by atoms with Crippen LogP contribution in [0.3, 0.4) is 0 Å². The summed E-state index contributed by atoms with van der Waals surface area (Å²) in [7, 11) is 4.12. The van der Waals surface area contributed by atoms with Crippen LogP contribution in [0.5, 0.6) is 0 Å². The predicted molar refractivity (Wildman–Crippen MR) is 82.5 cm³/mol. The predicted octanol–water partition coefficient (Wildman–Crippen LogP) is 1.87. The zero-order valence-corrected chi connectivity index (χ0v) is 12.7. The second-order valence-electron chi connectivity index (χ2n) is 5.86. The molecule has 21 heavy (non-hydrogen) atoms. The summed E-state index contributed by atoms with van der Waals surface area (Å²) in [5.41, 5.74) is 1.51. The van der Waals surface area contributed by atoms with Crippen LogP contribution < -0.4 is 4.90 Å². The molecule has 0 aromatic heterocycles. The van der Waals surface area contributed by atoms with E-state index in [0.717, 1.165) is 25.3 Å². The average molecular weight is 293 g/mol. The Hall–Kier alpha value is -1.66. The van der Waals surface area contributed by atoms with Gasteiger partial charge in [-0.1, -0.05) is 0 Å². The molecule has 1 aromatic carbocycles. The number of piperidine rings is 1. The number of nitro benzene ring substituents is 1. The van der Waals surface area contributed by atoms with Crippen LogP contribution in [0.15, 0.2) is 18.2 Å². The fourth-order valence-corrected chi connectivity index (χ4v) is 2.91. The number of hydrogen-bond donors (Lipinski definition) is 1. The van der Waals surface area contributed by atoms with Crippen LogP contribution in [0.2, 0.25) is 0 Å². The van der Waals surface area contributed by atoms with Gasteiger partial charge in [-0.15, -0.1) is 0 Å². The molecule has 1 N–H and O–H groups in total. The van der Waals surface area contributed by atoms with Gasteiger partial charge in [-0.2, -0.15) is 0 Å². The summed E-state index contributed by atoms with van der Waals surface area (Å²) in [5, 5.41) is 20.3. The number of aliphatic hydroxyl groups is 1. The highest BCUT2D eigenvalue weighted by molar-refractivity contribution is 5.57. The first kappa shape index (κ1) is 15.7. The summed E-state index contributed by atoms with van der Waals surface area (Å²) >= 11 is 0. The zero-order chi connectivity index (χ0) is 15.4. The van der Waals surface area contributed by atoms with Crippen molar-refractivity contribution >= 4 is 11.4 Å². The standard InChI is InChI=1S/C15H23N3O3/c1-16-7-5-12(6-8-16)10-17(2)15-4-3-14(18(20)21)9-13(15)11-19/h3-4,9,12,19H,5-8,10-11H2,1-2H3. The lowest BCUT2D eigenvalue weighted by Gasteiger charge is -2.33. The number of nitrogens with zero attached hydrogens (tertiary/aromatic N) is 3. The molecule has 0 aliphatic carbocycles. The second kappa shape index (κ2) is 6.87. The Bertz CT molecular complexity index is 499. The van der Waals surface area contributed by atoms with E-state index in [4.69, 9.17) is 0 Å². The molecular weight excluding hydrogens is 270 g/mol. The molecular formula is C15H23N3O3. The lowest BCUT2D eigenvalue weighted by atomic mass is 9.96. The molecule has 0 spiro atoms. The van der Waals surface area contributed by atoms with E-state index in [1.807, 2.05) is 7.05 Å². The van der Waals surface area contributed by atoms with Gasteiger partial charge in [0, 0.05) is 37.0 Å². The molecule has 0 bridgehead atoms. The Kier molecular flexibility index (Phi) is 5.14. The van der Waals surface area contributed by atoms with Gasteiger partial charge in [0.15, 0.2) is 0 Å². The molecule has 0 unspecified atom stereocenters. The molecule has 1 saturated heterocycles. The van der Waals surface area contributed by atoms with Gasteiger partial charge in [0.2, 0.25) is 0 Å². The normalized spacial score (nSPS) is 16.9. The molecule has 2 rings (SSSR count). The van der Waals surface area contributed by atoms with Gasteiger partial charge in [0.25, 0.3) is 5.69 Å². The van der Waals surface area contributed by atoms with E-state index in [9.17, 15) is 15.2 Å². The molecule has 0 saturated carbocycles. The minimum Gasteiger partial charge on any atom is -0.392 e. The first-order valence-electron chi connectivity index (χ1n) is 7.29. The third kappa shape index (κ3) is 3.92. The van der Waals surface area contributed by atoms with Gasteiger partial charge in [0.1, 0.15) is 0 Å².